The van der Waals surface area contributed by atoms with Gasteiger partial charge in [0.05, 0.1) is 11.1 Å². The van der Waals surface area contributed by atoms with Crippen LogP contribution in [0.4, 0.5) is 5.00 Å². The molecule has 22 heavy (non-hydrogen) atoms. The number of fused-ring (bicyclic) bond motifs is 1. The maximum absolute atomic E-state index is 12.1. The molecule has 0 saturated carbocycles. The highest BCUT2D eigenvalue weighted by molar-refractivity contribution is 7.14. The van der Waals surface area contributed by atoms with E-state index in [2.05, 4.69) is 5.32 Å². The predicted octanol–water partition coefficient (Wildman–Crippen LogP) is 2.82. The van der Waals surface area contributed by atoms with Crippen molar-refractivity contribution in [1.82, 2.24) is 4.57 Å². The van der Waals surface area contributed by atoms with Crippen molar-refractivity contribution < 1.29 is 9.21 Å². The number of nitrogens with zero attached hydrogens (tertiary/aromatic N) is 2. The zero-order chi connectivity index (χ0) is 15.7. The lowest BCUT2D eigenvalue weighted by molar-refractivity contribution is -0.116. The quantitative estimate of drug-likeness (QED) is 0.798. The SMILES string of the molecule is N#Cc1ccsc1NC(=O)Cn1c(=O)oc2cc(Cl)ccc21. The number of carbonyl (C=O) groups is 1. The fraction of sp³-hybridized carbons (Fsp3) is 0.0714. The van der Waals surface area contributed by atoms with Crippen molar-refractivity contribution in [3.8, 4) is 6.07 Å². The minimum absolute atomic E-state index is 0.212. The van der Waals surface area contributed by atoms with Crippen LogP contribution in [0.3, 0.4) is 0 Å². The van der Waals surface area contributed by atoms with Gasteiger partial charge in [-0.25, -0.2) is 4.79 Å². The fourth-order valence-corrected chi connectivity index (χ4v) is 2.91. The molecule has 3 rings (SSSR count). The topological polar surface area (TPSA) is 88.0 Å². The van der Waals surface area contributed by atoms with Gasteiger partial charge >= 0.3 is 5.76 Å². The van der Waals surface area contributed by atoms with E-state index in [0.29, 0.717) is 26.7 Å². The van der Waals surface area contributed by atoms with Gasteiger partial charge in [-0.05, 0) is 23.6 Å². The minimum Gasteiger partial charge on any atom is -0.408 e. The predicted molar refractivity (Wildman–Crippen MR) is 83.1 cm³/mol. The van der Waals surface area contributed by atoms with Gasteiger partial charge in [0.15, 0.2) is 5.58 Å². The molecule has 0 aliphatic carbocycles. The van der Waals surface area contributed by atoms with Gasteiger partial charge < -0.3 is 9.73 Å². The van der Waals surface area contributed by atoms with Crippen LogP contribution in [-0.4, -0.2) is 10.5 Å². The largest absolute Gasteiger partial charge is 0.420 e. The average molecular weight is 334 g/mol. The van der Waals surface area contributed by atoms with Crippen LogP contribution in [-0.2, 0) is 11.3 Å². The zero-order valence-corrected chi connectivity index (χ0v) is 12.6. The van der Waals surface area contributed by atoms with Gasteiger partial charge in [-0.2, -0.15) is 5.26 Å². The number of hydrogen-bond acceptors (Lipinski definition) is 5. The summed E-state index contributed by atoms with van der Waals surface area (Å²) >= 11 is 7.08. The molecule has 0 aliphatic rings. The van der Waals surface area contributed by atoms with E-state index in [1.807, 2.05) is 6.07 Å². The summed E-state index contributed by atoms with van der Waals surface area (Å²) in [5.74, 6) is -1.06. The van der Waals surface area contributed by atoms with Crippen LogP contribution in [0.1, 0.15) is 5.56 Å². The van der Waals surface area contributed by atoms with Gasteiger partial charge in [-0.3, -0.25) is 9.36 Å². The molecule has 2 aromatic heterocycles. The second-order valence-electron chi connectivity index (χ2n) is 4.39. The number of aromatic nitrogens is 1. The lowest BCUT2D eigenvalue weighted by atomic mass is 10.3. The third kappa shape index (κ3) is 2.62. The Morgan fingerprint density at radius 1 is 1.45 bits per heavy atom. The highest BCUT2D eigenvalue weighted by Crippen LogP contribution is 2.22. The Balaban J connectivity index is 1.87. The van der Waals surface area contributed by atoms with Crippen LogP contribution in [0, 0.1) is 11.3 Å². The maximum atomic E-state index is 12.1. The molecule has 3 aromatic rings. The van der Waals surface area contributed by atoms with Gasteiger partial charge in [0.2, 0.25) is 5.91 Å². The summed E-state index contributed by atoms with van der Waals surface area (Å²) < 4.78 is 6.26. The number of hydrogen-bond donors (Lipinski definition) is 1. The third-order valence-corrected chi connectivity index (χ3v) is 4.04. The van der Waals surface area contributed by atoms with Crippen LogP contribution in [0.5, 0.6) is 0 Å². The van der Waals surface area contributed by atoms with Crippen LogP contribution in [0.25, 0.3) is 11.1 Å². The summed E-state index contributed by atoms with van der Waals surface area (Å²) in [6, 6.07) is 8.33. The first-order valence-electron chi connectivity index (χ1n) is 6.15. The molecule has 0 fully saturated rings. The number of amides is 1. The number of rotatable bonds is 3. The van der Waals surface area contributed by atoms with E-state index in [0.717, 1.165) is 0 Å². The molecule has 0 bridgehead atoms. The molecule has 0 saturated heterocycles. The normalized spacial score (nSPS) is 10.5. The molecule has 1 aromatic carbocycles. The standard InChI is InChI=1S/C14H8ClN3O3S/c15-9-1-2-10-11(5-9)21-14(20)18(10)7-12(19)17-13-8(6-16)3-4-22-13/h1-5H,7H2,(H,17,19). The van der Waals surface area contributed by atoms with Crippen molar-refractivity contribution in [1.29, 1.82) is 5.26 Å². The molecule has 8 heteroatoms. The minimum atomic E-state index is -0.640. The van der Waals surface area contributed by atoms with Crippen LogP contribution < -0.4 is 11.1 Å². The molecule has 6 nitrogen and oxygen atoms in total. The monoisotopic (exact) mass is 333 g/mol. The van der Waals surface area contributed by atoms with Crippen molar-refractivity contribution in [3.63, 3.8) is 0 Å². The second-order valence-corrected chi connectivity index (χ2v) is 5.74. The lowest BCUT2D eigenvalue weighted by Crippen LogP contribution is -2.24. The van der Waals surface area contributed by atoms with Crippen LogP contribution in [0.15, 0.2) is 38.9 Å². The number of oxazole rings is 1. The van der Waals surface area contributed by atoms with E-state index in [1.54, 1.807) is 23.6 Å². The molecule has 0 spiro atoms. The number of carbonyl (C=O) groups excluding carboxylic acids is 1. The Kier molecular flexibility index (Phi) is 3.71. The van der Waals surface area contributed by atoms with Gasteiger partial charge in [-0.15, -0.1) is 11.3 Å². The molecule has 0 radical (unpaired) electrons. The Morgan fingerprint density at radius 2 is 2.27 bits per heavy atom. The summed E-state index contributed by atoms with van der Waals surface area (Å²) in [5.41, 5.74) is 1.19. The molecule has 2 heterocycles. The van der Waals surface area contributed by atoms with Crippen molar-refractivity contribution >= 4 is 44.9 Å². The average Bonchev–Trinajstić information content (AvgIpc) is 3.03. The second kappa shape index (κ2) is 5.67. The number of thiophene rings is 1. The molecule has 0 unspecified atom stereocenters. The summed E-state index contributed by atoms with van der Waals surface area (Å²) in [5, 5.41) is 14.1. The highest BCUT2D eigenvalue weighted by Gasteiger charge is 2.14. The first kappa shape index (κ1) is 14.4. The van der Waals surface area contributed by atoms with Gasteiger partial charge in [0, 0.05) is 11.1 Å². The van der Waals surface area contributed by atoms with Gasteiger partial charge in [0.25, 0.3) is 0 Å². The molecule has 0 atom stereocenters. The van der Waals surface area contributed by atoms with Gasteiger partial charge in [0.1, 0.15) is 17.6 Å². The van der Waals surface area contributed by atoms with Crippen molar-refractivity contribution in [2.75, 3.05) is 5.32 Å². The third-order valence-electron chi connectivity index (χ3n) is 2.97. The van der Waals surface area contributed by atoms with E-state index >= 15 is 0 Å². The molecular weight excluding hydrogens is 326 g/mol. The Bertz CT molecular complexity index is 964. The van der Waals surface area contributed by atoms with Crippen molar-refractivity contribution in [2.45, 2.75) is 6.54 Å². The summed E-state index contributed by atoms with van der Waals surface area (Å²) in [6.07, 6.45) is 0. The highest BCUT2D eigenvalue weighted by atomic mass is 35.5. The molecule has 110 valence electrons. The Hall–Kier alpha value is -2.56. The maximum Gasteiger partial charge on any atom is 0.420 e. The van der Waals surface area contributed by atoms with Gasteiger partial charge in [-0.1, -0.05) is 11.6 Å². The number of anilines is 1. The van der Waals surface area contributed by atoms with Crippen LogP contribution in [0.2, 0.25) is 5.02 Å². The summed E-state index contributed by atoms with van der Waals surface area (Å²) in [4.78, 5) is 23.9. The molecule has 0 aliphatic heterocycles. The lowest BCUT2D eigenvalue weighted by Gasteiger charge is -2.04. The molecular formula is C14H8ClN3O3S. The summed E-state index contributed by atoms with van der Waals surface area (Å²) in [7, 11) is 0. The first-order chi connectivity index (χ1) is 10.6. The van der Waals surface area contributed by atoms with E-state index in [-0.39, 0.29) is 6.54 Å². The number of nitriles is 1. The van der Waals surface area contributed by atoms with E-state index < -0.39 is 11.7 Å². The number of nitrogens with one attached hydrogen (secondary N) is 1. The summed E-state index contributed by atoms with van der Waals surface area (Å²) in [6.45, 7) is -0.212. The van der Waals surface area contributed by atoms with E-state index in [1.165, 1.54) is 22.0 Å². The number of benzene rings is 1. The van der Waals surface area contributed by atoms with Crippen molar-refractivity contribution in [3.05, 3.63) is 50.8 Å². The zero-order valence-electron chi connectivity index (χ0n) is 11.0. The smallest absolute Gasteiger partial charge is 0.408 e. The molecule has 1 amide bonds. The molecule has 1 N–H and O–H groups in total. The van der Waals surface area contributed by atoms with Crippen LogP contribution >= 0.6 is 22.9 Å². The Morgan fingerprint density at radius 3 is 3.05 bits per heavy atom. The number of halogens is 1. The Labute approximate surface area is 133 Å². The van der Waals surface area contributed by atoms with E-state index in [4.69, 9.17) is 21.3 Å². The fourth-order valence-electron chi connectivity index (χ4n) is 1.99. The van der Waals surface area contributed by atoms with E-state index in [9.17, 15) is 9.59 Å². The van der Waals surface area contributed by atoms with Crippen molar-refractivity contribution in [2.24, 2.45) is 0 Å². The first-order valence-corrected chi connectivity index (χ1v) is 7.40.